The summed E-state index contributed by atoms with van der Waals surface area (Å²) in [6.07, 6.45) is 2.79. The molecule has 0 bridgehead atoms. The highest BCUT2D eigenvalue weighted by Gasteiger charge is 2.45. The first-order valence-electron chi connectivity index (χ1n) is 8.66. The van der Waals surface area contributed by atoms with Crippen molar-refractivity contribution in [2.45, 2.75) is 38.4 Å². The van der Waals surface area contributed by atoms with Crippen molar-refractivity contribution in [3.05, 3.63) is 47.8 Å². The summed E-state index contributed by atoms with van der Waals surface area (Å²) in [6, 6.07) is 8.89. The molecule has 1 unspecified atom stereocenters. The first kappa shape index (κ1) is 18.6. The summed E-state index contributed by atoms with van der Waals surface area (Å²) in [5, 5.41) is 19.1. The number of aromatic nitrogens is 3. The third-order valence-electron chi connectivity index (χ3n) is 4.71. The summed E-state index contributed by atoms with van der Waals surface area (Å²) in [4.78, 5) is 37.9. The van der Waals surface area contributed by atoms with Crippen molar-refractivity contribution in [3.63, 3.8) is 0 Å². The van der Waals surface area contributed by atoms with Crippen LogP contribution in [0, 0.1) is 0 Å². The number of nitrogens with one attached hydrogen (secondary N) is 1. The molecule has 1 atom stereocenters. The first-order chi connectivity index (χ1) is 12.9. The van der Waals surface area contributed by atoms with Crippen LogP contribution in [0.1, 0.15) is 35.8 Å². The van der Waals surface area contributed by atoms with Crippen LogP contribution in [0.5, 0.6) is 0 Å². The molecule has 1 aromatic carbocycles. The Morgan fingerprint density at radius 3 is 2.70 bits per heavy atom. The van der Waals surface area contributed by atoms with E-state index in [4.69, 9.17) is 5.11 Å². The average molecular weight is 371 g/mol. The van der Waals surface area contributed by atoms with E-state index >= 15 is 0 Å². The van der Waals surface area contributed by atoms with Crippen LogP contribution in [0.2, 0.25) is 0 Å². The van der Waals surface area contributed by atoms with Crippen molar-refractivity contribution in [2.24, 2.45) is 0 Å². The largest absolute Gasteiger partial charge is 0.480 e. The summed E-state index contributed by atoms with van der Waals surface area (Å²) in [6.45, 7) is 2.10. The fourth-order valence-electron chi connectivity index (χ4n) is 3.26. The van der Waals surface area contributed by atoms with Gasteiger partial charge in [-0.2, -0.15) is 0 Å². The number of likely N-dealkylation sites (tertiary alicyclic amines) is 1. The number of carbonyl (C=O) groups is 3. The molecule has 2 heterocycles. The topological polar surface area (TPSA) is 117 Å². The van der Waals surface area contributed by atoms with Crippen LogP contribution < -0.4 is 5.32 Å². The minimum atomic E-state index is -1.02. The first-order valence-corrected chi connectivity index (χ1v) is 8.66. The number of hydrogen-bond donors (Lipinski definition) is 2. The average Bonchev–Trinajstić information content (AvgIpc) is 3.26. The minimum Gasteiger partial charge on any atom is -0.480 e. The Balaban J connectivity index is 1.66. The second kappa shape index (κ2) is 7.56. The number of benzene rings is 1. The van der Waals surface area contributed by atoms with Gasteiger partial charge in [-0.3, -0.25) is 14.4 Å². The molecule has 0 saturated carbocycles. The van der Waals surface area contributed by atoms with Crippen LogP contribution in [0.15, 0.2) is 36.5 Å². The van der Waals surface area contributed by atoms with Crippen LogP contribution in [0.25, 0.3) is 0 Å². The second-order valence-electron chi connectivity index (χ2n) is 6.68. The molecule has 27 heavy (non-hydrogen) atoms. The molecular formula is C18H21N5O4. The van der Waals surface area contributed by atoms with E-state index in [1.165, 1.54) is 10.9 Å². The zero-order chi connectivity index (χ0) is 19.4. The highest BCUT2D eigenvalue weighted by Crippen LogP contribution is 2.30. The summed E-state index contributed by atoms with van der Waals surface area (Å²) in [5.74, 6) is -1.46. The smallest absolute Gasteiger partial charge is 0.325 e. The standard InChI is InChI=1S/C18H21N5O4/c1-18(8-5-9-23(18)16(26)13-6-3-2-4-7-13)17(27)19-10-14-11-22(21-20-14)12-15(24)25/h2-4,6-7,11H,5,8-10,12H2,1H3,(H,19,27)(H,24,25). The van der Waals surface area contributed by atoms with Crippen molar-refractivity contribution in [3.8, 4) is 0 Å². The highest BCUT2D eigenvalue weighted by atomic mass is 16.4. The van der Waals surface area contributed by atoms with Gasteiger partial charge in [-0.05, 0) is 31.9 Å². The van der Waals surface area contributed by atoms with Crippen LogP contribution in [-0.4, -0.2) is 54.9 Å². The number of hydrogen-bond acceptors (Lipinski definition) is 5. The molecule has 9 nitrogen and oxygen atoms in total. The van der Waals surface area contributed by atoms with E-state index in [2.05, 4.69) is 15.6 Å². The van der Waals surface area contributed by atoms with Crippen LogP contribution in [-0.2, 0) is 22.7 Å². The monoisotopic (exact) mass is 371 g/mol. The molecule has 1 saturated heterocycles. The third-order valence-corrected chi connectivity index (χ3v) is 4.71. The maximum atomic E-state index is 12.8. The van der Waals surface area contributed by atoms with Gasteiger partial charge in [0.05, 0.1) is 12.7 Å². The molecule has 2 amide bonds. The molecule has 2 aromatic rings. The van der Waals surface area contributed by atoms with Crippen LogP contribution in [0.4, 0.5) is 0 Å². The fraction of sp³-hybridized carbons (Fsp3) is 0.389. The Hall–Kier alpha value is -3.23. The van der Waals surface area contributed by atoms with E-state index in [1.54, 1.807) is 36.1 Å². The number of carbonyl (C=O) groups excluding carboxylic acids is 2. The number of aliphatic carboxylic acids is 1. The lowest BCUT2D eigenvalue weighted by Gasteiger charge is -2.34. The summed E-state index contributed by atoms with van der Waals surface area (Å²) >= 11 is 0. The van der Waals surface area contributed by atoms with Gasteiger partial charge < -0.3 is 15.3 Å². The third kappa shape index (κ3) is 3.97. The van der Waals surface area contributed by atoms with Crippen LogP contribution >= 0.6 is 0 Å². The van der Waals surface area contributed by atoms with Crippen molar-refractivity contribution in [1.82, 2.24) is 25.2 Å². The van der Waals surface area contributed by atoms with E-state index in [-0.39, 0.29) is 24.9 Å². The molecule has 9 heteroatoms. The Kier molecular flexibility index (Phi) is 5.20. The molecule has 0 radical (unpaired) electrons. The molecule has 1 aliphatic heterocycles. The predicted octanol–water partition coefficient (Wildman–Crippen LogP) is 0.674. The van der Waals surface area contributed by atoms with Crippen molar-refractivity contribution < 1.29 is 19.5 Å². The zero-order valence-electron chi connectivity index (χ0n) is 15.0. The van der Waals surface area contributed by atoms with Crippen molar-refractivity contribution >= 4 is 17.8 Å². The van der Waals surface area contributed by atoms with Gasteiger partial charge in [-0.1, -0.05) is 23.4 Å². The number of carboxylic acids is 1. The molecule has 3 rings (SSSR count). The van der Waals surface area contributed by atoms with Crippen LogP contribution in [0.3, 0.4) is 0 Å². The quantitative estimate of drug-likeness (QED) is 0.771. The van der Waals surface area contributed by atoms with Crippen molar-refractivity contribution in [2.75, 3.05) is 6.54 Å². The summed E-state index contributed by atoms with van der Waals surface area (Å²) in [5.41, 5.74) is 0.0615. The Bertz CT molecular complexity index is 850. The molecule has 0 aliphatic carbocycles. The Morgan fingerprint density at radius 1 is 1.26 bits per heavy atom. The number of rotatable bonds is 6. The van der Waals surface area contributed by atoms with Crippen molar-refractivity contribution in [1.29, 1.82) is 0 Å². The van der Waals surface area contributed by atoms with E-state index in [0.717, 1.165) is 6.42 Å². The number of carboxylic acid groups (broad SMARTS) is 1. The predicted molar refractivity (Wildman–Crippen MR) is 94.6 cm³/mol. The van der Waals surface area contributed by atoms with Gasteiger partial charge in [-0.15, -0.1) is 5.10 Å². The molecule has 1 aliphatic rings. The number of amides is 2. The lowest BCUT2D eigenvalue weighted by Crippen LogP contribution is -2.55. The normalized spacial score (nSPS) is 19.1. The second-order valence-corrected chi connectivity index (χ2v) is 6.68. The maximum Gasteiger partial charge on any atom is 0.325 e. The molecule has 2 N–H and O–H groups in total. The molecular weight excluding hydrogens is 350 g/mol. The van der Waals surface area contributed by atoms with Gasteiger partial charge >= 0.3 is 5.97 Å². The van der Waals surface area contributed by atoms with Gasteiger partial charge in [0.15, 0.2) is 0 Å². The zero-order valence-corrected chi connectivity index (χ0v) is 15.0. The Morgan fingerprint density at radius 2 is 2.00 bits per heavy atom. The lowest BCUT2D eigenvalue weighted by molar-refractivity contribution is -0.138. The fourth-order valence-corrected chi connectivity index (χ4v) is 3.26. The Labute approximate surface area is 156 Å². The van der Waals surface area contributed by atoms with Gasteiger partial charge in [0.2, 0.25) is 5.91 Å². The maximum absolute atomic E-state index is 12.8. The van der Waals surface area contributed by atoms with E-state index < -0.39 is 11.5 Å². The van der Waals surface area contributed by atoms with E-state index in [1.807, 2.05) is 6.07 Å². The molecule has 0 spiro atoms. The molecule has 142 valence electrons. The van der Waals surface area contributed by atoms with Gasteiger partial charge in [-0.25, -0.2) is 4.68 Å². The van der Waals surface area contributed by atoms with Gasteiger partial charge in [0, 0.05) is 12.1 Å². The molecule has 1 aromatic heterocycles. The van der Waals surface area contributed by atoms with Gasteiger partial charge in [0.1, 0.15) is 17.8 Å². The summed E-state index contributed by atoms with van der Waals surface area (Å²) in [7, 11) is 0. The van der Waals surface area contributed by atoms with E-state index in [0.29, 0.717) is 24.2 Å². The molecule has 1 fully saturated rings. The number of nitrogens with zero attached hydrogens (tertiary/aromatic N) is 4. The highest BCUT2D eigenvalue weighted by molar-refractivity contribution is 5.99. The minimum absolute atomic E-state index is 0.113. The SMILES string of the molecule is CC1(C(=O)NCc2cn(CC(=O)O)nn2)CCCN1C(=O)c1ccccc1. The van der Waals surface area contributed by atoms with Gasteiger partial charge in [0.25, 0.3) is 5.91 Å². The van der Waals surface area contributed by atoms with E-state index in [9.17, 15) is 14.4 Å². The lowest BCUT2D eigenvalue weighted by atomic mass is 9.96. The summed E-state index contributed by atoms with van der Waals surface area (Å²) < 4.78 is 1.19.